The summed E-state index contributed by atoms with van der Waals surface area (Å²) in [5, 5.41) is 9.62. The fourth-order valence-corrected chi connectivity index (χ4v) is 3.81. The minimum Gasteiger partial charge on any atom is -0.481 e. The Bertz CT molecular complexity index is 491. The maximum atomic E-state index is 12.9. The van der Waals surface area contributed by atoms with E-state index in [9.17, 15) is 19.5 Å². The zero-order valence-electron chi connectivity index (χ0n) is 14.4. The summed E-state index contributed by atoms with van der Waals surface area (Å²) in [5.74, 6) is -0.920. The number of carbonyl (C=O) groups is 3. The number of piperidine rings is 1. The van der Waals surface area contributed by atoms with Crippen LogP contribution in [0.4, 0.5) is 0 Å². The van der Waals surface area contributed by atoms with Crippen LogP contribution in [0.2, 0.25) is 0 Å². The van der Waals surface area contributed by atoms with Crippen molar-refractivity contribution < 1.29 is 19.5 Å². The molecule has 0 radical (unpaired) electrons. The van der Waals surface area contributed by atoms with Gasteiger partial charge in [0.2, 0.25) is 11.8 Å². The molecule has 2 aliphatic heterocycles. The fourth-order valence-electron chi connectivity index (χ4n) is 3.81. The van der Waals surface area contributed by atoms with E-state index in [0.717, 1.165) is 12.8 Å². The van der Waals surface area contributed by atoms with Crippen molar-refractivity contribution in [2.75, 3.05) is 19.6 Å². The molecule has 0 aliphatic carbocycles. The number of carboxylic acids is 1. The quantitative estimate of drug-likeness (QED) is 0.854. The van der Waals surface area contributed by atoms with Crippen LogP contribution >= 0.6 is 0 Å². The van der Waals surface area contributed by atoms with E-state index in [1.807, 2.05) is 20.8 Å². The summed E-state index contributed by atoms with van der Waals surface area (Å²) >= 11 is 0. The van der Waals surface area contributed by atoms with E-state index in [2.05, 4.69) is 0 Å². The monoisotopic (exact) mass is 324 g/mol. The second-order valence-corrected chi connectivity index (χ2v) is 7.08. The van der Waals surface area contributed by atoms with E-state index in [1.54, 1.807) is 9.80 Å². The van der Waals surface area contributed by atoms with Gasteiger partial charge in [-0.15, -0.1) is 0 Å². The molecule has 2 heterocycles. The molecule has 6 nitrogen and oxygen atoms in total. The lowest BCUT2D eigenvalue weighted by Crippen LogP contribution is -2.53. The Hall–Kier alpha value is -1.59. The predicted octanol–water partition coefficient (Wildman–Crippen LogP) is 1.74. The first-order valence-electron chi connectivity index (χ1n) is 8.65. The van der Waals surface area contributed by atoms with Crippen LogP contribution in [0.15, 0.2) is 0 Å². The Labute approximate surface area is 137 Å². The van der Waals surface area contributed by atoms with E-state index in [0.29, 0.717) is 32.4 Å². The number of rotatable bonds is 4. The molecule has 2 amide bonds. The van der Waals surface area contributed by atoms with Gasteiger partial charge in [-0.2, -0.15) is 0 Å². The maximum Gasteiger partial charge on any atom is 0.311 e. The van der Waals surface area contributed by atoms with Gasteiger partial charge < -0.3 is 14.9 Å². The van der Waals surface area contributed by atoms with E-state index in [4.69, 9.17) is 0 Å². The van der Waals surface area contributed by atoms with Crippen molar-refractivity contribution in [2.45, 2.75) is 58.9 Å². The molecule has 1 N–H and O–H groups in total. The molecule has 2 fully saturated rings. The number of aliphatic carboxylic acids is 1. The highest BCUT2D eigenvalue weighted by Crippen LogP contribution is 2.39. The number of carboxylic acid groups (broad SMARTS) is 1. The van der Waals surface area contributed by atoms with Crippen molar-refractivity contribution in [1.82, 2.24) is 9.80 Å². The summed E-state index contributed by atoms with van der Waals surface area (Å²) in [6.45, 7) is 6.95. The lowest BCUT2D eigenvalue weighted by atomic mass is 9.76. The first-order chi connectivity index (χ1) is 10.8. The van der Waals surface area contributed by atoms with Crippen LogP contribution in [0.3, 0.4) is 0 Å². The normalized spacial score (nSPS) is 28.3. The Morgan fingerprint density at radius 2 is 1.91 bits per heavy atom. The molecule has 0 aromatic carbocycles. The lowest BCUT2D eigenvalue weighted by molar-refractivity contribution is -0.153. The topological polar surface area (TPSA) is 77.9 Å². The molecular weight excluding hydrogens is 296 g/mol. The van der Waals surface area contributed by atoms with E-state index in [-0.39, 0.29) is 24.3 Å². The molecule has 2 unspecified atom stereocenters. The van der Waals surface area contributed by atoms with Gasteiger partial charge in [0.05, 0.1) is 5.41 Å². The summed E-state index contributed by atoms with van der Waals surface area (Å²) < 4.78 is 0. The average Bonchev–Trinajstić information content (AvgIpc) is 3.00. The number of carbonyl (C=O) groups excluding carboxylic acids is 2. The van der Waals surface area contributed by atoms with Gasteiger partial charge >= 0.3 is 5.97 Å². The van der Waals surface area contributed by atoms with E-state index in [1.165, 1.54) is 0 Å². The van der Waals surface area contributed by atoms with Crippen molar-refractivity contribution in [3.63, 3.8) is 0 Å². The fraction of sp³-hybridized carbons (Fsp3) is 0.824. The summed E-state index contributed by atoms with van der Waals surface area (Å²) in [5.41, 5.74) is -0.857. The standard InChI is InChI=1S/C17H28N2O4/c1-4-14(20)19-9-6-5-7-13(19)15(21)18-10-8-17(11-18,12(2)3)16(22)23/h12-13H,4-11H2,1-3H3,(H,22,23). The van der Waals surface area contributed by atoms with Gasteiger partial charge in [-0.1, -0.05) is 20.8 Å². The third-order valence-corrected chi connectivity index (χ3v) is 5.55. The highest BCUT2D eigenvalue weighted by molar-refractivity contribution is 5.89. The van der Waals surface area contributed by atoms with Gasteiger partial charge in [0.15, 0.2) is 0 Å². The Kier molecular flexibility index (Phi) is 5.32. The average molecular weight is 324 g/mol. The molecular formula is C17H28N2O4. The van der Waals surface area contributed by atoms with Gasteiger partial charge in [-0.3, -0.25) is 14.4 Å². The molecule has 6 heteroatoms. The van der Waals surface area contributed by atoms with Gasteiger partial charge in [-0.25, -0.2) is 0 Å². The largest absolute Gasteiger partial charge is 0.481 e. The van der Waals surface area contributed by atoms with E-state index >= 15 is 0 Å². The van der Waals surface area contributed by atoms with Crippen molar-refractivity contribution in [2.24, 2.45) is 11.3 Å². The minimum absolute atomic E-state index is 0.00982. The Balaban J connectivity index is 2.14. The van der Waals surface area contributed by atoms with Crippen LogP contribution in [-0.2, 0) is 14.4 Å². The van der Waals surface area contributed by atoms with Gasteiger partial charge in [0.1, 0.15) is 6.04 Å². The number of likely N-dealkylation sites (tertiary alicyclic amines) is 2. The molecule has 0 saturated carbocycles. The van der Waals surface area contributed by atoms with Crippen LogP contribution in [0.25, 0.3) is 0 Å². The molecule has 130 valence electrons. The third-order valence-electron chi connectivity index (χ3n) is 5.55. The van der Waals surface area contributed by atoms with Crippen LogP contribution in [0.1, 0.15) is 52.9 Å². The van der Waals surface area contributed by atoms with Gasteiger partial charge in [-0.05, 0) is 31.6 Å². The molecule has 0 aromatic heterocycles. The number of hydrogen-bond acceptors (Lipinski definition) is 3. The smallest absolute Gasteiger partial charge is 0.311 e. The first kappa shape index (κ1) is 17.8. The zero-order chi connectivity index (χ0) is 17.2. The second-order valence-electron chi connectivity index (χ2n) is 7.08. The molecule has 0 aromatic rings. The molecule has 0 spiro atoms. The van der Waals surface area contributed by atoms with Gasteiger partial charge in [0.25, 0.3) is 0 Å². The highest BCUT2D eigenvalue weighted by Gasteiger charge is 2.49. The third kappa shape index (κ3) is 3.21. The van der Waals surface area contributed by atoms with Crippen molar-refractivity contribution in [3.8, 4) is 0 Å². The van der Waals surface area contributed by atoms with Crippen molar-refractivity contribution in [1.29, 1.82) is 0 Å². The second kappa shape index (κ2) is 6.89. The Morgan fingerprint density at radius 1 is 1.22 bits per heavy atom. The molecule has 2 aliphatic rings. The van der Waals surface area contributed by atoms with Crippen molar-refractivity contribution >= 4 is 17.8 Å². The van der Waals surface area contributed by atoms with Gasteiger partial charge in [0, 0.05) is 26.1 Å². The number of amides is 2. The lowest BCUT2D eigenvalue weighted by Gasteiger charge is -2.37. The Morgan fingerprint density at radius 3 is 2.43 bits per heavy atom. The number of hydrogen-bond donors (Lipinski definition) is 1. The highest BCUT2D eigenvalue weighted by atomic mass is 16.4. The minimum atomic E-state index is -0.857. The molecule has 0 bridgehead atoms. The summed E-state index contributed by atoms with van der Waals surface area (Å²) in [6.07, 6.45) is 3.43. The number of nitrogens with zero attached hydrogens (tertiary/aromatic N) is 2. The van der Waals surface area contributed by atoms with Crippen LogP contribution in [0.5, 0.6) is 0 Å². The molecule has 2 rings (SSSR count). The first-order valence-corrected chi connectivity index (χ1v) is 8.65. The molecule has 2 atom stereocenters. The van der Waals surface area contributed by atoms with Crippen LogP contribution in [0, 0.1) is 11.3 Å². The molecule has 2 saturated heterocycles. The summed E-state index contributed by atoms with van der Waals surface area (Å²) in [7, 11) is 0. The summed E-state index contributed by atoms with van der Waals surface area (Å²) in [6, 6.07) is -0.409. The van der Waals surface area contributed by atoms with Crippen LogP contribution < -0.4 is 0 Å². The predicted molar refractivity (Wildman–Crippen MR) is 85.7 cm³/mol. The maximum absolute atomic E-state index is 12.9. The van der Waals surface area contributed by atoms with Crippen molar-refractivity contribution in [3.05, 3.63) is 0 Å². The SMILES string of the molecule is CCC(=O)N1CCCCC1C(=O)N1CCC(C(=O)O)(C(C)C)C1. The van der Waals surface area contributed by atoms with Crippen LogP contribution in [-0.4, -0.2) is 58.4 Å². The molecule has 23 heavy (non-hydrogen) atoms. The zero-order valence-corrected chi connectivity index (χ0v) is 14.4. The van der Waals surface area contributed by atoms with E-state index < -0.39 is 17.4 Å². The summed E-state index contributed by atoms with van der Waals surface area (Å²) in [4.78, 5) is 40.1.